The van der Waals surface area contributed by atoms with Crippen molar-refractivity contribution in [2.24, 2.45) is 0 Å². The highest BCUT2D eigenvalue weighted by atomic mass is 32.2. The summed E-state index contributed by atoms with van der Waals surface area (Å²) in [5.74, 6) is -1.35. The van der Waals surface area contributed by atoms with Crippen LogP contribution >= 0.6 is 0 Å². The molecule has 2 amide bonds. The van der Waals surface area contributed by atoms with Crippen LogP contribution in [0.1, 0.15) is 35.6 Å². The summed E-state index contributed by atoms with van der Waals surface area (Å²) in [5.41, 5.74) is 3.40. The van der Waals surface area contributed by atoms with Crippen LogP contribution in [-0.2, 0) is 32.6 Å². The molecule has 4 aromatic rings. The molecule has 7 nitrogen and oxygen atoms in total. The number of carbonyl (C=O) groups is 2. The summed E-state index contributed by atoms with van der Waals surface area (Å²) in [6.07, 6.45) is 0.906. The van der Waals surface area contributed by atoms with Crippen molar-refractivity contribution in [3.8, 4) is 0 Å². The number of hydrogen-bond donors (Lipinski definition) is 1. The number of rotatable bonds is 13. The zero-order valence-electron chi connectivity index (χ0n) is 25.2. The smallest absolute Gasteiger partial charge is 0.264 e. The minimum Gasteiger partial charge on any atom is -0.354 e. The predicted octanol–water partition coefficient (Wildman–Crippen LogP) is 5.80. The Bertz CT molecular complexity index is 1660. The van der Waals surface area contributed by atoms with Gasteiger partial charge in [0.2, 0.25) is 11.8 Å². The third-order valence-electron chi connectivity index (χ3n) is 7.54. The van der Waals surface area contributed by atoms with Crippen LogP contribution < -0.4 is 9.62 Å². The van der Waals surface area contributed by atoms with Gasteiger partial charge in [0.15, 0.2) is 0 Å². The van der Waals surface area contributed by atoms with Crippen molar-refractivity contribution in [2.75, 3.05) is 17.4 Å². The van der Waals surface area contributed by atoms with Gasteiger partial charge >= 0.3 is 0 Å². The number of aryl methyl sites for hydroxylation is 1. The minimum atomic E-state index is -4.18. The Balaban J connectivity index is 1.81. The van der Waals surface area contributed by atoms with Gasteiger partial charge in [-0.2, -0.15) is 0 Å². The third-order valence-corrected chi connectivity index (χ3v) is 9.32. The van der Waals surface area contributed by atoms with Crippen LogP contribution in [0.3, 0.4) is 0 Å². The van der Waals surface area contributed by atoms with E-state index in [4.69, 9.17) is 0 Å². The van der Waals surface area contributed by atoms with Gasteiger partial charge in [0, 0.05) is 19.5 Å². The van der Waals surface area contributed by atoms with Crippen molar-refractivity contribution in [1.29, 1.82) is 0 Å². The molecule has 0 aromatic heterocycles. The number of nitrogens with one attached hydrogen (secondary N) is 1. The fourth-order valence-electron chi connectivity index (χ4n) is 4.95. The molecule has 0 aliphatic heterocycles. The molecule has 230 valence electrons. The van der Waals surface area contributed by atoms with Gasteiger partial charge < -0.3 is 10.2 Å². The van der Waals surface area contributed by atoms with Crippen LogP contribution in [-0.4, -0.2) is 44.3 Å². The second-order valence-electron chi connectivity index (χ2n) is 10.7. The first-order valence-corrected chi connectivity index (χ1v) is 16.1. The molecule has 44 heavy (non-hydrogen) atoms. The summed E-state index contributed by atoms with van der Waals surface area (Å²) in [7, 11) is -4.18. The van der Waals surface area contributed by atoms with Crippen molar-refractivity contribution in [2.45, 2.75) is 51.1 Å². The normalized spacial score (nSPS) is 11.9. The number of hydrogen-bond acceptors (Lipinski definition) is 4. The Hall–Kier alpha value is -4.50. The summed E-state index contributed by atoms with van der Waals surface area (Å²) in [6, 6.07) is 27.4. The first-order chi connectivity index (χ1) is 21.1. The number of nitrogens with zero attached hydrogens (tertiary/aromatic N) is 2. The molecule has 4 aromatic carbocycles. The molecule has 0 saturated carbocycles. The monoisotopic (exact) mass is 615 g/mol. The van der Waals surface area contributed by atoms with Crippen LogP contribution in [0, 0.1) is 19.7 Å². The van der Waals surface area contributed by atoms with Crippen molar-refractivity contribution in [3.63, 3.8) is 0 Å². The largest absolute Gasteiger partial charge is 0.354 e. The fraction of sp³-hybridized carbons (Fsp3) is 0.257. The van der Waals surface area contributed by atoms with E-state index in [1.54, 1.807) is 42.5 Å². The summed E-state index contributed by atoms with van der Waals surface area (Å²) < 4.78 is 43.2. The Morgan fingerprint density at radius 1 is 0.818 bits per heavy atom. The van der Waals surface area contributed by atoms with Crippen molar-refractivity contribution < 1.29 is 22.4 Å². The highest BCUT2D eigenvalue weighted by Crippen LogP contribution is 2.29. The molecule has 0 aliphatic rings. The summed E-state index contributed by atoms with van der Waals surface area (Å²) in [5, 5.41) is 2.92. The minimum absolute atomic E-state index is 0.0256. The molecular weight excluding hydrogens is 577 g/mol. The van der Waals surface area contributed by atoms with E-state index in [2.05, 4.69) is 5.32 Å². The van der Waals surface area contributed by atoms with Crippen LogP contribution in [0.2, 0.25) is 0 Å². The highest BCUT2D eigenvalue weighted by molar-refractivity contribution is 7.92. The van der Waals surface area contributed by atoms with Gasteiger partial charge in [-0.05, 0) is 72.9 Å². The van der Waals surface area contributed by atoms with E-state index >= 15 is 0 Å². The molecule has 0 unspecified atom stereocenters. The second-order valence-corrected chi connectivity index (χ2v) is 12.6. The number of anilines is 1. The van der Waals surface area contributed by atoms with Crippen LogP contribution in [0.15, 0.2) is 108 Å². The van der Waals surface area contributed by atoms with Gasteiger partial charge in [0.25, 0.3) is 10.0 Å². The molecule has 1 atom stereocenters. The van der Waals surface area contributed by atoms with Gasteiger partial charge in [-0.25, -0.2) is 12.8 Å². The highest BCUT2D eigenvalue weighted by Gasteiger charge is 2.35. The van der Waals surface area contributed by atoms with Gasteiger partial charge in [0.05, 0.1) is 10.6 Å². The predicted molar refractivity (Wildman–Crippen MR) is 171 cm³/mol. The molecule has 1 N–H and O–H groups in total. The topological polar surface area (TPSA) is 86.8 Å². The van der Waals surface area contributed by atoms with Crippen LogP contribution in [0.5, 0.6) is 0 Å². The standard InChI is InChI=1S/C35H38FN3O4S/c1-4-22-37-35(41)33(23-28-13-7-5-8-14-28)38(24-29-18-20-30(36)21-19-29)34(40)25-39(32-17-11-12-26(2)27(32)3)44(42,43)31-15-9-6-10-16-31/h5-21,33H,4,22-25H2,1-3H3,(H,37,41)/t33-/m1/s1. The van der Waals surface area contributed by atoms with Crippen molar-refractivity contribution >= 4 is 27.5 Å². The fourth-order valence-corrected chi connectivity index (χ4v) is 6.44. The summed E-state index contributed by atoms with van der Waals surface area (Å²) in [6.45, 7) is 5.47. The quantitative estimate of drug-likeness (QED) is 0.206. The Morgan fingerprint density at radius 2 is 1.45 bits per heavy atom. The maximum atomic E-state index is 14.4. The third kappa shape index (κ3) is 7.90. The van der Waals surface area contributed by atoms with E-state index in [1.165, 1.54) is 29.2 Å². The molecule has 9 heteroatoms. The van der Waals surface area contributed by atoms with E-state index in [1.807, 2.05) is 57.2 Å². The lowest BCUT2D eigenvalue weighted by molar-refractivity contribution is -0.140. The van der Waals surface area contributed by atoms with Gasteiger partial charge in [-0.1, -0.05) is 79.7 Å². The number of sulfonamides is 1. The molecule has 0 fully saturated rings. The van der Waals surface area contributed by atoms with Gasteiger partial charge in [-0.15, -0.1) is 0 Å². The zero-order valence-corrected chi connectivity index (χ0v) is 26.1. The summed E-state index contributed by atoms with van der Waals surface area (Å²) >= 11 is 0. The lowest BCUT2D eigenvalue weighted by Crippen LogP contribution is -2.53. The molecule has 0 heterocycles. The zero-order chi connectivity index (χ0) is 31.7. The number of carbonyl (C=O) groups excluding carboxylic acids is 2. The first-order valence-electron chi connectivity index (χ1n) is 14.6. The maximum Gasteiger partial charge on any atom is 0.264 e. The van der Waals surface area contributed by atoms with Crippen molar-refractivity contribution in [1.82, 2.24) is 10.2 Å². The number of benzene rings is 4. The molecule has 0 saturated heterocycles. The lowest BCUT2D eigenvalue weighted by atomic mass is 10.0. The van der Waals surface area contributed by atoms with Crippen LogP contribution in [0.25, 0.3) is 0 Å². The molecule has 0 radical (unpaired) electrons. The molecule has 0 aliphatic carbocycles. The average molecular weight is 616 g/mol. The Morgan fingerprint density at radius 3 is 2.09 bits per heavy atom. The SMILES string of the molecule is CCCNC(=O)[C@@H](Cc1ccccc1)N(Cc1ccc(F)cc1)C(=O)CN(c1cccc(C)c1C)S(=O)(=O)c1ccccc1. The van der Waals surface area contributed by atoms with Crippen molar-refractivity contribution in [3.05, 3.63) is 131 Å². The summed E-state index contributed by atoms with van der Waals surface area (Å²) in [4.78, 5) is 29.6. The second kappa shape index (κ2) is 14.8. The Kier molecular flexibility index (Phi) is 10.9. The first kappa shape index (κ1) is 32.4. The molecular formula is C35H38FN3O4S. The van der Waals surface area contributed by atoms with E-state index in [-0.39, 0.29) is 23.8 Å². The maximum absolute atomic E-state index is 14.4. The molecule has 0 bridgehead atoms. The van der Waals surface area contributed by atoms with E-state index in [9.17, 15) is 22.4 Å². The average Bonchev–Trinajstić information content (AvgIpc) is 3.03. The number of amides is 2. The number of halogens is 1. The van der Waals surface area contributed by atoms with Gasteiger partial charge in [-0.3, -0.25) is 13.9 Å². The molecule has 4 rings (SSSR count). The lowest BCUT2D eigenvalue weighted by Gasteiger charge is -2.34. The van der Waals surface area contributed by atoms with Gasteiger partial charge in [0.1, 0.15) is 18.4 Å². The van der Waals surface area contributed by atoms with E-state index < -0.39 is 34.3 Å². The molecule has 0 spiro atoms. The Labute approximate surface area is 259 Å². The van der Waals surface area contributed by atoms with Crippen LogP contribution in [0.4, 0.5) is 10.1 Å². The van der Waals surface area contributed by atoms with E-state index in [0.717, 1.165) is 15.4 Å². The van der Waals surface area contributed by atoms with E-state index in [0.29, 0.717) is 29.8 Å².